The number of rotatable bonds is 4. The summed E-state index contributed by atoms with van der Waals surface area (Å²) in [6.45, 7) is 0.0270. The highest BCUT2D eigenvalue weighted by Gasteiger charge is 2.37. The SMILES string of the molecule is OCC1(NCc2cc(F)c(F)c(F)c2)CCc2ccccc21. The molecule has 0 fully saturated rings. The van der Waals surface area contributed by atoms with Gasteiger partial charge in [-0.2, -0.15) is 0 Å². The molecule has 1 unspecified atom stereocenters. The minimum Gasteiger partial charge on any atom is -0.394 e. The van der Waals surface area contributed by atoms with Crippen molar-refractivity contribution in [2.24, 2.45) is 0 Å². The summed E-state index contributed by atoms with van der Waals surface area (Å²) in [5.74, 6) is -3.88. The number of halogens is 3. The Balaban J connectivity index is 1.84. The van der Waals surface area contributed by atoms with Crippen molar-refractivity contribution in [2.75, 3.05) is 6.61 Å². The van der Waals surface area contributed by atoms with Gasteiger partial charge in [0.25, 0.3) is 0 Å². The van der Waals surface area contributed by atoms with Gasteiger partial charge in [0.2, 0.25) is 0 Å². The molecule has 0 spiro atoms. The third kappa shape index (κ3) is 2.51. The van der Waals surface area contributed by atoms with Crippen LogP contribution < -0.4 is 5.32 Å². The second-order valence-electron chi connectivity index (χ2n) is 5.62. The molecule has 1 aliphatic rings. The highest BCUT2D eigenvalue weighted by atomic mass is 19.2. The highest BCUT2D eigenvalue weighted by molar-refractivity contribution is 5.39. The molecule has 2 nitrogen and oxygen atoms in total. The first-order valence-corrected chi connectivity index (χ1v) is 7.13. The Bertz CT molecular complexity index is 681. The fourth-order valence-corrected chi connectivity index (χ4v) is 3.07. The maximum absolute atomic E-state index is 13.3. The molecule has 0 bridgehead atoms. The van der Waals surface area contributed by atoms with Gasteiger partial charge in [0.1, 0.15) is 0 Å². The van der Waals surface area contributed by atoms with Crippen LogP contribution >= 0.6 is 0 Å². The van der Waals surface area contributed by atoms with Crippen LogP contribution in [0.25, 0.3) is 0 Å². The lowest BCUT2D eigenvalue weighted by molar-refractivity contribution is 0.158. The van der Waals surface area contributed by atoms with Crippen LogP contribution in [0.5, 0.6) is 0 Å². The Morgan fingerprint density at radius 3 is 2.45 bits per heavy atom. The van der Waals surface area contributed by atoms with Crippen molar-refractivity contribution < 1.29 is 18.3 Å². The number of aliphatic hydroxyl groups excluding tert-OH is 1. The van der Waals surface area contributed by atoms with E-state index in [1.165, 1.54) is 0 Å². The summed E-state index contributed by atoms with van der Waals surface area (Å²) < 4.78 is 39.5. The summed E-state index contributed by atoms with van der Waals surface area (Å²) in [7, 11) is 0. The molecule has 2 N–H and O–H groups in total. The van der Waals surface area contributed by atoms with E-state index in [1.807, 2.05) is 24.3 Å². The van der Waals surface area contributed by atoms with Crippen LogP contribution in [-0.2, 0) is 18.5 Å². The van der Waals surface area contributed by atoms with Crippen molar-refractivity contribution in [3.8, 4) is 0 Å². The number of aryl methyl sites for hydroxylation is 1. The average molecular weight is 307 g/mol. The van der Waals surface area contributed by atoms with Crippen LogP contribution in [0.3, 0.4) is 0 Å². The summed E-state index contributed by atoms with van der Waals surface area (Å²) in [4.78, 5) is 0. The molecule has 0 radical (unpaired) electrons. The van der Waals surface area contributed by atoms with E-state index in [4.69, 9.17) is 0 Å². The molecular formula is C17H16F3NO. The first kappa shape index (κ1) is 15.1. The Morgan fingerprint density at radius 1 is 1.09 bits per heavy atom. The van der Waals surface area contributed by atoms with E-state index in [-0.39, 0.29) is 13.2 Å². The third-order valence-corrected chi connectivity index (χ3v) is 4.30. The van der Waals surface area contributed by atoms with Crippen LogP contribution in [0.2, 0.25) is 0 Å². The number of fused-ring (bicyclic) bond motifs is 1. The predicted octanol–water partition coefficient (Wildman–Crippen LogP) is 3.03. The van der Waals surface area contributed by atoms with E-state index in [1.54, 1.807) is 0 Å². The molecule has 0 heterocycles. The molecular weight excluding hydrogens is 291 g/mol. The van der Waals surface area contributed by atoms with Crippen molar-refractivity contribution in [3.63, 3.8) is 0 Å². The smallest absolute Gasteiger partial charge is 0.194 e. The topological polar surface area (TPSA) is 32.3 Å². The minimum atomic E-state index is -1.47. The Hall–Kier alpha value is -1.85. The largest absolute Gasteiger partial charge is 0.394 e. The molecule has 2 aromatic carbocycles. The summed E-state index contributed by atoms with van der Waals surface area (Å²) in [6, 6.07) is 9.72. The maximum Gasteiger partial charge on any atom is 0.194 e. The minimum absolute atomic E-state index is 0.115. The zero-order valence-corrected chi connectivity index (χ0v) is 11.9. The lowest BCUT2D eigenvalue weighted by Crippen LogP contribution is -2.43. The fraction of sp³-hybridized carbons (Fsp3) is 0.294. The number of benzene rings is 2. The summed E-state index contributed by atoms with van der Waals surface area (Å²) >= 11 is 0. The summed E-state index contributed by atoms with van der Waals surface area (Å²) in [5, 5.41) is 13.0. The van der Waals surface area contributed by atoms with Crippen LogP contribution in [0, 0.1) is 17.5 Å². The highest BCUT2D eigenvalue weighted by Crippen LogP contribution is 2.36. The molecule has 5 heteroatoms. The maximum atomic E-state index is 13.3. The number of aliphatic hydroxyl groups is 1. The normalized spacial score (nSPS) is 20.2. The van der Waals surface area contributed by atoms with Crippen molar-refractivity contribution in [3.05, 3.63) is 70.5 Å². The Kier molecular flexibility index (Phi) is 3.93. The number of hydrogen-bond acceptors (Lipinski definition) is 2. The van der Waals surface area contributed by atoms with Gasteiger partial charge in [0, 0.05) is 6.54 Å². The molecule has 0 aliphatic heterocycles. The Labute approximate surface area is 126 Å². The standard InChI is InChI=1S/C17H16F3NO/c18-14-7-11(8-15(19)16(14)20)9-21-17(10-22)6-5-12-3-1-2-4-13(12)17/h1-4,7-8,21-22H,5-6,9-10H2. The molecule has 0 amide bonds. The van der Waals surface area contributed by atoms with E-state index in [9.17, 15) is 18.3 Å². The van der Waals surface area contributed by atoms with Gasteiger partial charge in [-0.1, -0.05) is 24.3 Å². The molecule has 2 aromatic rings. The second-order valence-corrected chi connectivity index (χ2v) is 5.62. The summed E-state index contributed by atoms with van der Waals surface area (Å²) in [6.07, 6.45) is 1.53. The van der Waals surface area contributed by atoms with Crippen LogP contribution in [0.1, 0.15) is 23.1 Å². The molecule has 0 saturated heterocycles. The Morgan fingerprint density at radius 2 is 1.77 bits per heavy atom. The number of hydrogen-bond donors (Lipinski definition) is 2. The monoisotopic (exact) mass is 307 g/mol. The van der Waals surface area contributed by atoms with Crippen molar-refractivity contribution >= 4 is 0 Å². The van der Waals surface area contributed by atoms with E-state index >= 15 is 0 Å². The zero-order chi connectivity index (χ0) is 15.7. The van der Waals surface area contributed by atoms with Gasteiger partial charge < -0.3 is 10.4 Å². The van der Waals surface area contributed by atoms with Gasteiger partial charge in [-0.3, -0.25) is 0 Å². The van der Waals surface area contributed by atoms with Gasteiger partial charge in [-0.25, -0.2) is 13.2 Å². The van der Waals surface area contributed by atoms with Crippen molar-refractivity contribution in [1.29, 1.82) is 0 Å². The predicted molar refractivity (Wildman–Crippen MR) is 76.7 cm³/mol. The molecule has 0 saturated carbocycles. The molecule has 1 atom stereocenters. The van der Waals surface area contributed by atoms with Crippen LogP contribution in [0.15, 0.2) is 36.4 Å². The molecule has 0 aromatic heterocycles. The van der Waals surface area contributed by atoms with Gasteiger partial charge in [0.15, 0.2) is 17.5 Å². The average Bonchev–Trinajstić information content (AvgIpc) is 2.90. The molecule has 116 valence electrons. The molecule has 22 heavy (non-hydrogen) atoms. The first-order valence-electron chi connectivity index (χ1n) is 7.13. The van der Waals surface area contributed by atoms with Gasteiger partial charge >= 0.3 is 0 Å². The second kappa shape index (κ2) is 5.74. The van der Waals surface area contributed by atoms with E-state index in [0.29, 0.717) is 12.0 Å². The quantitative estimate of drug-likeness (QED) is 0.851. The fourth-order valence-electron chi connectivity index (χ4n) is 3.07. The molecule has 3 rings (SSSR count). The number of nitrogens with one attached hydrogen (secondary N) is 1. The summed E-state index contributed by atoms with van der Waals surface area (Å²) in [5.41, 5.74) is 1.83. The first-order chi connectivity index (χ1) is 10.6. The van der Waals surface area contributed by atoms with Crippen LogP contribution in [0.4, 0.5) is 13.2 Å². The molecule has 1 aliphatic carbocycles. The van der Waals surface area contributed by atoms with E-state index in [2.05, 4.69) is 5.32 Å². The van der Waals surface area contributed by atoms with Crippen LogP contribution in [-0.4, -0.2) is 11.7 Å². The van der Waals surface area contributed by atoms with Gasteiger partial charge in [-0.15, -0.1) is 0 Å². The zero-order valence-electron chi connectivity index (χ0n) is 11.9. The van der Waals surface area contributed by atoms with Gasteiger partial charge in [-0.05, 0) is 41.7 Å². The van der Waals surface area contributed by atoms with Crippen molar-refractivity contribution in [2.45, 2.75) is 24.9 Å². The third-order valence-electron chi connectivity index (χ3n) is 4.30. The van der Waals surface area contributed by atoms with Crippen molar-refractivity contribution in [1.82, 2.24) is 5.32 Å². The lowest BCUT2D eigenvalue weighted by Gasteiger charge is -2.30. The van der Waals surface area contributed by atoms with E-state index in [0.717, 1.165) is 29.7 Å². The van der Waals surface area contributed by atoms with Gasteiger partial charge in [0.05, 0.1) is 12.1 Å². The lowest BCUT2D eigenvalue weighted by atomic mass is 9.92. The van der Waals surface area contributed by atoms with E-state index < -0.39 is 23.0 Å².